The number of hydrogen-bond acceptors (Lipinski definition) is 4. The van der Waals surface area contributed by atoms with Gasteiger partial charge in [0.05, 0.1) is 19.6 Å². The Bertz CT molecular complexity index is 484. The molecule has 0 fully saturated rings. The van der Waals surface area contributed by atoms with E-state index < -0.39 is 5.92 Å². The lowest BCUT2D eigenvalue weighted by Crippen LogP contribution is -2.39. The van der Waals surface area contributed by atoms with Crippen molar-refractivity contribution in [1.82, 2.24) is 4.90 Å². The first-order valence-electron chi connectivity index (χ1n) is 7.50. The maximum atomic E-state index is 12.3. The molecule has 1 N–H and O–H groups in total. The van der Waals surface area contributed by atoms with Crippen LogP contribution in [0.4, 0.5) is 0 Å². The van der Waals surface area contributed by atoms with Gasteiger partial charge in [-0.05, 0) is 18.9 Å². The van der Waals surface area contributed by atoms with E-state index in [1.165, 1.54) is 17.6 Å². The first kappa shape index (κ1) is 18.2. The Morgan fingerprint density at radius 3 is 2.45 bits per heavy atom. The zero-order chi connectivity index (χ0) is 16.5. The van der Waals surface area contributed by atoms with Crippen LogP contribution in [0.5, 0.6) is 0 Å². The number of nitrogens with zero attached hydrogens (tertiary/aromatic N) is 1. The second kappa shape index (κ2) is 9.20. The summed E-state index contributed by atoms with van der Waals surface area (Å²) in [4.78, 5) is 25.3. The first-order chi connectivity index (χ1) is 10.5. The van der Waals surface area contributed by atoms with E-state index in [2.05, 4.69) is 4.74 Å². The molecule has 1 aromatic rings. The van der Waals surface area contributed by atoms with Crippen LogP contribution in [0.2, 0.25) is 0 Å². The number of hydrogen-bond donors (Lipinski definition) is 1. The van der Waals surface area contributed by atoms with Gasteiger partial charge in [-0.2, -0.15) is 0 Å². The number of benzene rings is 1. The number of esters is 1. The topological polar surface area (TPSA) is 66.8 Å². The molecule has 1 atom stereocenters. The third-order valence-corrected chi connectivity index (χ3v) is 3.57. The van der Waals surface area contributed by atoms with Crippen molar-refractivity contribution in [2.75, 3.05) is 26.8 Å². The number of aliphatic hydroxyl groups excluding tert-OH is 1. The van der Waals surface area contributed by atoms with Crippen LogP contribution in [0.1, 0.15) is 24.5 Å². The molecule has 1 amide bonds. The van der Waals surface area contributed by atoms with Crippen molar-refractivity contribution in [3.05, 3.63) is 35.4 Å². The summed E-state index contributed by atoms with van der Waals surface area (Å²) in [6.07, 6.45) is 1.00. The lowest BCUT2D eigenvalue weighted by atomic mass is 10.1. The smallest absolute Gasteiger partial charge is 0.310 e. The van der Waals surface area contributed by atoms with Crippen LogP contribution >= 0.6 is 0 Å². The van der Waals surface area contributed by atoms with Gasteiger partial charge in [-0.3, -0.25) is 9.59 Å². The summed E-state index contributed by atoms with van der Waals surface area (Å²) >= 11 is 0. The zero-order valence-corrected chi connectivity index (χ0v) is 13.5. The number of carbonyl (C=O) groups is 2. The van der Waals surface area contributed by atoms with Crippen molar-refractivity contribution in [3.8, 4) is 0 Å². The van der Waals surface area contributed by atoms with Crippen molar-refractivity contribution in [2.45, 2.75) is 26.7 Å². The molecular weight excluding hydrogens is 282 g/mol. The van der Waals surface area contributed by atoms with Crippen molar-refractivity contribution in [1.29, 1.82) is 0 Å². The third-order valence-electron chi connectivity index (χ3n) is 3.57. The molecule has 5 heteroatoms. The van der Waals surface area contributed by atoms with Gasteiger partial charge in [-0.25, -0.2) is 0 Å². The number of aryl methyl sites for hydroxylation is 2. The van der Waals surface area contributed by atoms with Gasteiger partial charge in [-0.15, -0.1) is 0 Å². The standard InChI is InChI=1S/C17H25NO4/c1-13-4-6-15(7-5-13)8-9-16(20)18(10-11-19)12-14(2)17(21)22-3/h4-7,14,19H,8-12H2,1-3H3. The monoisotopic (exact) mass is 307 g/mol. The molecule has 0 saturated heterocycles. The minimum absolute atomic E-state index is 0.0645. The molecule has 0 aromatic heterocycles. The molecular formula is C17H25NO4. The Hall–Kier alpha value is -1.88. The van der Waals surface area contributed by atoms with Gasteiger partial charge in [0, 0.05) is 19.5 Å². The summed E-state index contributed by atoms with van der Waals surface area (Å²) < 4.78 is 4.67. The highest BCUT2D eigenvalue weighted by Crippen LogP contribution is 2.09. The highest BCUT2D eigenvalue weighted by atomic mass is 16.5. The predicted molar refractivity (Wildman–Crippen MR) is 84.3 cm³/mol. The van der Waals surface area contributed by atoms with E-state index in [0.29, 0.717) is 12.8 Å². The van der Waals surface area contributed by atoms with Crippen LogP contribution in [0.3, 0.4) is 0 Å². The highest BCUT2D eigenvalue weighted by molar-refractivity contribution is 5.78. The summed E-state index contributed by atoms with van der Waals surface area (Å²) in [7, 11) is 1.33. The van der Waals surface area contributed by atoms with E-state index in [-0.39, 0.29) is 31.6 Å². The summed E-state index contributed by atoms with van der Waals surface area (Å²) in [5, 5.41) is 9.10. The average molecular weight is 307 g/mol. The lowest BCUT2D eigenvalue weighted by Gasteiger charge is -2.24. The first-order valence-corrected chi connectivity index (χ1v) is 7.50. The summed E-state index contributed by atoms with van der Waals surface area (Å²) in [5.74, 6) is -0.820. The number of methoxy groups -OCH3 is 1. The van der Waals surface area contributed by atoms with Crippen molar-refractivity contribution in [3.63, 3.8) is 0 Å². The Labute approximate surface area is 131 Å². The number of ether oxygens (including phenoxy) is 1. The van der Waals surface area contributed by atoms with Crippen LogP contribution in [0.25, 0.3) is 0 Å². The molecule has 0 bridgehead atoms. The molecule has 0 aliphatic heterocycles. The molecule has 1 aromatic carbocycles. The van der Waals surface area contributed by atoms with Crippen LogP contribution in [0.15, 0.2) is 24.3 Å². The maximum Gasteiger partial charge on any atom is 0.310 e. The predicted octanol–water partition coefficient (Wildman–Crippen LogP) is 1.56. The SMILES string of the molecule is COC(=O)C(C)CN(CCO)C(=O)CCc1ccc(C)cc1. The maximum absolute atomic E-state index is 12.3. The average Bonchev–Trinajstić information content (AvgIpc) is 2.52. The van der Waals surface area contributed by atoms with Gasteiger partial charge in [0.25, 0.3) is 0 Å². The molecule has 0 saturated carbocycles. The second-order valence-electron chi connectivity index (χ2n) is 5.47. The van der Waals surface area contributed by atoms with E-state index in [1.54, 1.807) is 6.92 Å². The molecule has 0 heterocycles. The fraction of sp³-hybridized carbons (Fsp3) is 0.529. The molecule has 122 valence electrons. The Kier molecular flexibility index (Phi) is 7.60. The number of carbonyl (C=O) groups excluding carboxylic acids is 2. The quantitative estimate of drug-likeness (QED) is 0.740. The van der Waals surface area contributed by atoms with Crippen LogP contribution < -0.4 is 0 Å². The van der Waals surface area contributed by atoms with Gasteiger partial charge >= 0.3 is 5.97 Å². The fourth-order valence-electron chi connectivity index (χ4n) is 2.21. The van der Waals surface area contributed by atoms with Crippen molar-refractivity contribution >= 4 is 11.9 Å². The van der Waals surface area contributed by atoms with E-state index in [1.807, 2.05) is 31.2 Å². The van der Waals surface area contributed by atoms with Crippen molar-refractivity contribution in [2.24, 2.45) is 5.92 Å². The van der Waals surface area contributed by atoms with Crippen LogP contribution in [0, 0.1) is 12.8 Å². The Morgan fingerprint density at radius 1 is 1.27 bits per heavy atom. The summed E-state index contributed by atoms with van der Waals surface area (Å²) in [6, 6.07) is 8.06. The van der Waals surface area contributed by atoms with Gasteiger partial charge in [0.2, 0.25) is 5.91 Å². The molecule has 1 unspecified atom stereocenters. The van der Waals surface area contributed by atoms with Gasteiger partial charge in [-0.1, -0.05) is 36.8 Å². The molecule has 0 aliphatic rings. The fourth-order valence-corrected chi connectivity index (χ4v) is 2.21. The molecule has 0 radical (unpaired) electrons. The second-order valence-corrected chi connectivity index (χ2v) is 5.47. The number of rotatable bonds is 8. The van der Waals surface area contributed by atoms with E-state index in [4.69, 9.17) is 5.11 Å². The van der Waals surface area contributed by atoms with E-state index >= 15 is 0 Å². The molecule has 0 spiro atoms. The Morgan fingerprint density at radius 2 is 1.91 bits per heavy atom. The van der Waals surface area contributed by atoms with Crippen LogP contribution in [-0.4, -0.2) is 48.7 Å². The van der Waals surface area contributed by atoms with Crippen molar-refractivity contribution < 1.29 is 19.4 Å². The van der Waals surface area contributed by atoms with Gasteiger partial charge in [0.15, 0.2) is 0 Å². The highest BCUT2D eigenvalue weighted by Gasteiger charge is 2.20. The van der Waals surface area contributed by atoms with Gasteiger partial charge in [0.1, 0.15) is 0 Å². The third kappa shape index (κ3) is 5.85. The molecule has 1 rings (SSSR count). The minimum atomic E-state index is -0.403. The number of aliphatic hydroxyl groups is 1. The van der Waals surface area contributed by atoms with Crippen LogP contribution in [-0.2, 0) is 20.7 Å². The largest absolute Gasteiger partial charge is 0.469 e. The number of amides is 1. The summed E-state index contributed by atoms with van der Waals surface area (Å²) in [5.41, 5.74) is 2.29. The zero-order valence-electron chi connectivity index (χ0n) is 13.5. The lowest BCUT2D eigenvalue weighted by molar-refractivity contribution is -0.146. The van der Waals surface area contributed by atoms with E-state index in [9.17, 15) is 9.59 Å². The molecule has 0 aliphatic carbocycles. The molecule has 5 nitrogen and oxygen atoms in total. The summed E-state index contributed by atoms with van der Waals surface area (Å²) in [6.45, 7) is 4.10. The van der Waals surface area contributed by atoms with E-state index in [0.717, 1.165) is 5.56 Å². The van der Waals surface area contributed by atoms with Gasteiger partial charge < -0.3 is 14.7 Å². The Balaban J connectivity index is 2.57. The normalized spacial score (nSPS) is 11.8. The molecule has 22 heavy (non-hydrogen) atoms. The minimum Gasteiger partial charge on any atom is -0.469 e.